The minimum atomic E-state index is -2.98. The van der Waals surface area contributed by atoms with Gasteiger partial charge in [-0.2, -0.15) is 0 Å². The third-order valence-electron chi connectivity index (χ3n) is 3.18. The molecule has 0 aliphatic carbocycles. The predicted octanol–water partition coefficient (Wildman–Crippen LogP) is 0.649. The van der Waals surface area contributed by atoms with Gasteiger partial charge in [0.25, 0.3) is 5.91 Å². The minimum Gasteiger partial charge on any atom is -0.336 e. The van der Waals surface area contributed by atoms with Gasteiger partial charge in [0.1, 0.15) is 5.69 Å². The van der Waals surface area contributed by atoms with Crippen LogP contribution in [0.4, 0.5) is 0 Å². The first-order valence-corrected chi connectivity index (χ1v) is 7.62. The molecule has 0 radical (unpaired) electrons. The molecule has 6 heteroatoms. The maximum absolute atomic E-state index is 12.2. The average molecular weight is 268 g/mol. The highest BCUT2D eigenvalue weighted by Crippen LogP contribution is 2.18. The van der Waals surface area contributed by atoms with E-state index in [1.807, 2.05) is 13.0 Å². The summed E-state index contributed by atoms with van der Waals surface area (Å²) in [5.74, 6) is -0.00165. The summed E-state index contributed by atoms with van der Waals surface area (Å²) in [5.41, 5.74) is 1.13. The number of carbonyl (C=O) groups excluding carboxylic acids is 1. The van der Waals surface area contributed by atoms with Gasteiger partial charge < -0.3 is 4.90 Å². The van der Waals surface area contributed by atoms with E-state index in [0.29, 0.717) is 12.1 Å². The summed E-state index contributed by atoms with van der Waals surface area (Å²) >= 11 is 0. The monoisotopic (exact) mass is 268 g/mol. The first-order chi connectivity index (χ1) is 8.39. The second-order valence-electron chi connectivity index (χ2n) is 4.64. The van der Waals surface area contributed by atoms with Crippen LogP contribution in [0.2, 0.25) is 0 Å². The quantitative estimate of drug-likeness (QED) is 0.790. The van der Waals surface area contributed by atoms with Crippen molar-refractivity contribution in [3.05, 3.63) is 29.6 Å². The van der Waals surface area contributed by atoms with Gasteiger partial charge in [-0.05, 0) is 25.5 Å². The summed E-state index contributed by atoms with van der Waals surface area (Å²) < 4.78 is 22.8. The summed E-state index contributed by atoms with van der Waals surface area (Å²) in [7, 11) is -1.34. The van der Waals surface area contributed by atoms with Crippen molar-refractivity contribution < 1.29 is 13.2 Å². The van der Waals surface area contributed by atoms with Gasteiger partial charge in [0.2, 0.25) is 0 Å². The number of hydrogen-bond acceptors (Lipinski definition) is 4. The molecule has 0 spiro atoms. The van der Waals surface area contributed by atoms with E-state index in [2.05, 4.69) is 4.98 Å². The van der Waals surface area contributed by atoms with Crippen molar-refractivity contribution in [3.8, 4) is 0 Å². The highest BCUT2D eigenvalue weighted by atomic mass is 32.2. The topological polar surface area (TPSA) is 67.3 Å². The summed E-state index contributed by atoms with van der Waals surface area (Å²) in [5, 5.41) is 0. The number of nitrogens with zero attached hydrogens (tertiary/aromatic N) is 2. The molecule has 1 amide bonds. The van der Waals surface area contributed by atoms with E-state index in [0.717, 1.165) is 5.69 Å². The number of amides is 1. The Labute approximate surface area is 107 Å². The molecule has 1 aliphatic rings. The summed E-state index contributed by atoms with van der Waals surface area (Å²) in [4.78, 5) is 17.8. The molecule has 1 aromatic rings. The van der Waals surface area contributed by atoms with Crippen LogP contribution in [0.3, 0.4) is 0 Å². The molecular formula is C12H16N2O3S. The van der Waals surface area contributed by atoms with Crippen molar-refractivity contribution in [2.45, 2.75) is 19.4 Å². The highest BCUT2D eigenvalue weighted by Gasteiger charge is 2.33. The molecule has 1 atom stereocenters. The van der Waals surface area contributed by atoms with Crippen molar-refractivity contribution in [3.63, 3.8) is 0 Å². The van der Waals surface area contributed by atoms with Gasteiger partial charge in [-0.15, -0.1) is 0 Å². The highest BCUT2D eigenvalue weighted by molar-refractivity contribution is 7.91. The van der Waals surface area contributed by atoms with Crippen molar-refractivity contribution in [2.24, 2.45) is 0 Å². The molecule has 2 heterocycles. The van der Waals surface area contributed by atoms with Crippen LogP contribution in [-0.4, -0.2) is 48.8 Å². The Morgan fingerprint density at radius 2 is 2.17 bits per heavy atom. The van der Waals surface area contributed by atoms with Gasteiger partial charge in [-0.25, -0.2) is 13.4 Å². The van der Waals surface area contributed by atoms with Crippen LogP contribution in [0.1, 0.15) is 22.6 Å². The number of carbonyl (C=O) groups is 1. The Hall–Kier alpha value is -1.43. The number of hydrogen-bond donors (Lipinski definition) is 0. The zero-order valence-corrected chi connectivity index (χ0v) is 11.3. The predicted molar refractivity (Wildman–Crippen MR) is 68.1 cm³/mol. The lowest BCUT2D eigenvalue weighted by Crippen LogP contribution is -2.38. The number of rotatable bonds is 2. The number of aromatic nitrogens is 1. The molecule has 2 rings (SSSR count). The van der Waals surface area contributed by atoms with Gasteiger partial charge in [-0.1, -0.05) is 6.07 Å². The largest absolute Gasteiger partial charge is 0.336 e. The summed E-state index contributed by atoms with van der Waals surface area (Å²) in [6.07, 6.45) is 0.510. The van der Waals surface area contributed by atoms with E-state index in [4.69, 9.17) is 0 Å². The lowest BCUT2D eigenvalue weighted by Gasteiger charge is -2.23. The fraction of sp³-hybridized carbons (Fsp3) is 0.500. The first-order valence-electron chi connectivity index (χ1n) is 5.80. The van der Waals surface area contributed by atoms with Crippen LogP contribution in [-0.2, 0) is 9.84 Å². The third kappa shape index (κ3) is 2.69. The molecular weight excluding hydrogens is 252 g/mol. The number of pyridine rings is 1. The lowest BCUT2D eigenvalue weighted by molar-refractivity contribution is 0.0741. The van der Waals surface area contributed by atoms with Crippen molar-refractivity contribution >= 4 is 15.7 Å². The van der Waals surface area contributed by atoms with Crippen molar-refractivity contribution in [2.75, 3.05) is 18.6 Å². The van der Waals surface area contributed by atoms with Crippen LogP contribution in [0.5, 0.6) is 0 Å². The second kappa shape index (κ2) is 4.68. The van der Waals surface area contributed by atoms with Crippen LogP contribution >= 0.6 is 0 Å². The zero-order chi connectivity index (χ0) is 13.3. The molecule has 0 aromatic carbocycles. The van der Waals surface area contributed by atoms with Crippen molar-refractivity contribution in [1.29, 1.82) is 0 Å². The lowest BCUT2D eigenvalue weighted by atomic mass is 10.2. The van der Waals surface area contributed by atoms with E-state index in [1.165, 1.54) is 4.90 Å². The van der Waals surface area contributed by atoms with Crippen molar-refractivity contribution in [1.82, 2.24) is 9.88 Å². The summed E-state index contributed by atoms with van der Waals surface area (Å²) in [6.45, 7) is 1.82. The molecule has 1 fully saturated rings. The maximum Gasteiger partial charge on any atom is 0.272 e. The molecule has 1 unspecified atom stereocenters. The van der Waals surface area contributed by atoms with E-state index >= 15 is 0 Å². The van der Waals surface area contributed by atoms with Gasteiger partial charge in [-0.3, -0.25) is 4.79 Å². The Morgan fingerprint density at radius 3 is 2.72 bits per heavy atom. The maximum atomic E-state index is 12.2. The molecule has 1 aliphatic heterocycles. The van der Waals surface area contributed by atoms with Crippen LogP contribution < -0.4 is 0 Å². The Balaban J connectivity index is 2.15. The fourth-order valence-corrected chi connectivity index (χ4v) is 3.86. The standard InChI is InChI=1S/C12H16N2O3S/c1-9-4-3-5-11(13-9)12(15)14(2)10-6-7-18(16,17)8-10/h3-5,10H,6-8H2,1-2H3. The molecule has 0 saturated carbocycles. The molecule has 0 bridgehead atoms. The molecule has 98 valence electrons. The van der Waals surface area contributed by atoms with Gasteiger partial charge in [0.15, 0.2) is 9.84 Å². The molecule has 5 nitrogen and oxygen atoms in total. The molecule has 1 saturated heterocycles. The second-order valence-corrected chi connectivity index (χ2v) is 6.87. The summed E-state index contributed by atoms with van der Waals surface area (Å²) in [6, 6.07) is 5.01. The number of aryl methyl sites for hydroxylation is 1. The van der Waals surface area contributed by atoms with Crippen LogP contribution in [0, 0.1) is 6.92 Å². The Kier molecular flexibility index (Phi) is 3.38. The molecule has 1 aromatic heterocycles. The van der Waals surface area contributed by atoms with E-state index < -0.39 is 9.84 Å². The zero-order valence-electron chi connectivity index (χ0n) is 10.5. The van der Waals surface area contributed by atoms with Crippen LogP contribution in [0.15, 0.2) is 18.2 Å². The van der Waals surface area contributed by atoms with E-state index in [-0.39, 0.29) is 23.5 Å². The molecule has 18 heavy (non-hydrogen) atoms. The van der Waals surface area contributed by atoms with Crippen LogP contribution in [0.25, 0.3) is 0 Å². The van der Waals surface area contributed by atoms with Gasteiger partial charge in [0.05, 0.1) is 11.5 Å². The van der Waals surface area contributed by atoms with E-state index in [1.54, 1.807) is 19.2 Å². The van der Waals surface area contributed by atoms with E-state index in [9.17, 15) is 13.2 Å². The number of sulfone groups is 1. The van der Waals surface area contributed by atoms with Gasteiger partial charge in [0, 0.05) is 18.8 Å². The normalized spacial score (nSPS) is 21.8. The average Bonchev–Trinajstić information content (AvgIpc) is 2.68. The SMILES string of the molecule is Cc1cccc(C(=O)N(C)C2CCS(=O)(=O)C2)n1. The Morgan fingerprint density at radius 1 is 1.44 bits per heavy atom. The third-order valence-corrected chi connectivity index (χ3v) is 4.93. The molecule has 0 N–H and O–H groups in total. The Bertz CT molecular complexity index is 568. The smallest absolute Gasteiger partial charge is 0.272 e. The minimum absolute atomic E-state index is 0.0566. The fourth-order valence-electron chi connectivity index (χ4n) is 2.09. The first kappa shape index (κ1) is 13.0. The van der Waals surface area contributed by atoms with Gasteiger partial charge >= 0.3 is 0 Å².